The highest BCUT2D eigenvalue weighted by Crippen LogP contribution is 2.17. The minimum atomic E-state index is -0.224. The molecule has 0 aliphatic heterocycles. The molecular weight excluding hydrogens is 278 g/mol. The van der Waals surface area contributed by atoms with E-state index in [4.69, 9.17) is 0 Å². The Labute approximate surface area is 132 Å². The molecule has 0 saturated heterocycles. The maximum Gasteiger partial charge on any atom is 0.314 e. The number of nitrogens with one attached hydrogen (secondary N) is 3. The van der Waals surface area contributed by atoms with Gasteiger partial charge in [0.2, 0.25) is 5.91 Å². The van der Waals surface area contributed by atoms with Gasteiger partial charge in [-0.15, -0.1) is 0 Å². The topological polar surface area (TPSA) is 70.2 Å². The maximum atomic E-state index is 11.7. The van der Waals surface area contributed by atoms with E-state index in [1.54, 1.807) is 0 Å². The molecule has 5 nitrogen and oxygen atoms in total. The second-order valence-corrected chi connectivity index (χ2v) is 5.25. The molecule has 0 radical (unpaired) electrons. The molecule has 0 spiro atoms. The van der Waals surface area contributed by atoms with Crippen molar-refractivity contribution in [3.63, 3.8) is 0 Å². The third-order valence-corrected chi connectivity index (χ3v) is 3.48. The smallest absolute Gasteiger partial charge is 0.314 e. The molecule has 1 aromatic rings. The first-order chi connectivity index (χ1) is 10.7. The first-order valence-corrected chi connectivity index (χ1v) is 8.00. The minimum absolute atomic E-state index is 0.0297. The summed E-state index contributed by atoms with van der Waals surface area (Å²) in [6.45, 7) is 5.73. The van der Waals surface area contributed by atoms with E-state index >= 15 is 0 Å². The summed E-state index contributed by atoms with van der Waals surface area (Å²) in [5.74, 6) is 0.276. The Bertz CT molecular complexity index is 448. The standard InChI is InChI=1S/C17H27N3O2/c1-3-11-18-16(21)10-12-19-17(22)20-13-14(4-2)15-8-6-5-7-9-15/h5-9,14H,3-4,10-13H2,1-2H3,(H,18,21)(H2,19,20,22). The van der Waals surface area contributed by atoms with Crippen molar-refractivity contribution in [1.29, 1.82) is 0 Å². The van der Waals surface area contributed by atoms with E-state index in [1.807, 2.05) is 25.1 Å². The van der Waals surface area contributed by atoms with Crippen LogP contribution < -0.4 is 16.0 Å². The Morgan fingerprint density at radius 3 is 2.36 bits per heavy atom. The summed E-state index contributed by atoms with van der Waals surface area (Å²) in [5, 5.41) is 8.35. The number of benzene rings is 1. The Hall–Kier alpha value is -2.04. The van der Waals surface area contributed by atoms with Crippen molar-refractivity contribution >= 4 is 11.9 Å². The molecule has 1 unspecified atom stereocenters. The van der Waals surface area contributed by atoms with Gasteiger partial charge < -0.3 is 16.0 Å². The number of hydrogen-bond donors (Lipinski definition) is 3. The second-order valence-electron chi connectivity index (χ2n) is 5.25. The highest BCUT2D eigenvalue weighted by Gasteiger charge is 2.10. The molecule has 0 aliphatic carbocycles. The average molecular weight is 305 g/mol. The van der Waals surface area contributed by atoms with Gasteiger partial charge in [-0.05, 0) is 18.4 Å². The molecule has 0 aliphatic rings. The quantitative estimate of drug-likeness (QED) is 0.655. The fraction of sp³-hybridized carbons (Fsp3) is 0.529. The monoisotopic (exact) mass is 305 g/mol. The molecule has 1 aromatic carbocycles. The van der Waals surface area contributed by atoms with Crippen LogP contribution in [0.15, 0.2) is 30.3 Å². The van der Waals surface area contributed by atoms with E-state index in [0.717, 1.165) is 12.8 Å². The molecule has 0 saturated carbocycles. The van der Waals surface area contributed by atoms with Crippen LogP contribution in [0.2, 0.25) is 0 Å². The summed E-state index contributed by atoms with van der Waals surface area (Å²) in [5.41, 5.74) is 1.23. The number of rotatable bonds is 9. The molecule has 0 bridgehead atoms. The van der Waals surface area contributed by atoms with Gasteiger partial charge in [0.15, 0.2) is 0 Å². The van der Waals surface area contributed by atoms with Crippen molar-refractivity contribution in [2.24, 2.45) is 0 Å². The average Bonchev–Trinajstić information content (AvgIpc) is 2.54. The highest BCUT2D eigenvalue weighted by molar-refractivity contribution is 5.78. The summed E-state index contributed by atoms with van der Waals surface area (Å²) in [7, 11) is 0. The number of hydrogen-bond acceptors (Lipinski definition) is 2. The van der Waals surface area contributed by atoms with Crippen LogP contribution in [0.25, 0.3) is 0 Å². The molecule has 0 heterocycles. The summed E-state index contributed by atoms with van der Waals surface area (Å²) < 4.78 is 0. The van der Waals surface area contributed by atoms with E-state index in [9.17, 15) is 9.59 Å². The van der Waals surface area contributed by atoms with Gasteiger partial charge in [0.05, 0.1) is 0 Å². The van der Waals surface area contributed by atoms with E-state index in [1.165, 1.54) is 5.56 Å². The summed E-state index contributed by atoms with van der Waals surface area (Å²) in [6.07, 6.45) is 2.19. The number of carbonyl (C=O) groups is 2. The Morgan fingerprint density at radius 1 is 1.00 bits per heavy atom. The highest BCUT2D eigenvalue weighted by atomic mass is 16.2. The lowest BCUT2D eigenvalue weighted by atomic mass is 9.97. The third kappa shape index (κ3) is 7.11. The predicted molar refractivity (Wildman–Crippen MR) is 88.8 cm³/mol. The van der Waals surface area contributed by atoms with Gasteiger partial charge in [0.1, 0.15) is 0 Å². The van der Waals surface area contributed by atoms with E-state index in [-0.39, 0.29) is 11.9 Å². The van der Waals surface area contributed by atoms with Crippen LogP contribution in [-0.2, 0) is 4.79 Å². The zero-order chi connectivity index (χ0) is 16.2. The van der Waals surface area contributed by atoms with Crippen LogP contribution >= 0.6 is 0 Å². The maximum absolute atomic E-state index is 11.7. The third-order valence-electron chi connectivity index (χ3n) is 3.48. The number of amides is 3. The van der Waals surface area contributed by atoms with Gasteiger partial charge in [-0.25, -0.2) is 4.79 Å². The van der Waals surface area contributed by atoms with Gasteiger partial charge in [0, 0.05) is 32.0 Å². The first kappa shape index (κ1) is 18.0. The number of urea groups is 1. The Morgan fingerprint density at radius 2 is 1.73 bits per heavy atom. The normalized spacial score (nSPS) is 11.5. The molecule has 0 fully saturated rings. The molecule has 3 amide bonds. The van der Waals surface area contributed by atoms with E-state index in [2.05, 4.69) is 35.0 Å². The van der Waals surface area contributed by atoms with Gasteiger partial charge >= 0.3 is 6.03 Å². The molecule has 22 heavy (non-hydrogen) atoms. The first-order valence-electron chi connectivity index (χ1n) is 8.00. The van der Waals surface area contributed by atoms with Crippen molar-refractivity contribution in [2.75, 3.05) is 19.6 Å². The van der Waals surface area contributed by atoms with Crippen LogP contribution in [0.4, 0.5) is 4.79 Å². The Kier molecular flexibility index (Phi) is 8.72. The van der Waals surface area contributed by atoms with Crippen molar-refractivity contribution in [3.8, 4) is 0 Å². The van der Waals surface area contributed by atoms with E-state index < -0.39 is 0 Å². The molecule has 1 atom stereocenters. The molecule has 0 aromatic heterocycles. The van der Waals surface area contributed by atoms with Gasteiger partial charge in [0.25, 0.3) is 0 Å². The molecule has 5 heteroatoms. The van der Waals surface area contributed by atoms with Gasteiger partial charge in [-0.2, -0.15) is 0 Å². The predicted octanol–water partition coefficient (Wildman–Crippen LogP) is 2.40. The molecule has 3 N–H and O–H groups in total. The minimum Gasteiger partial charge on any atom is -0.356 e. The lowest BCUT2D eigenvalue weighted by Crippen LogP contribution is -2.39. The lowest BCUT2D eigenvalue weighted by molar-refractivity contribution is -0.120. The molecule has 122 valence electrons. The van der Waals surface area contributed by atoms with E-state index in [0.29, 0.717) is 32.0 Å². The van der Waals surface area contributed by atoms with Crippen LogP contribution in [0, 0.1) is 0 Å². The SMILES string of the molecule is CCCNC(=O)CCNC(=O)NCC(CC)c1ccccc1. The van der Waals surface area contributed by atoms with Crippen LogP contribution in [-0.4, -0.2) is 31.6 Å². The summed E-state index contributed by atoms with van der Waals surface area (Å²) in [6, 6.07) is 9.93. The largest absolute Gasteiger partial charge is 0.356 e. The van der Waals surface area contributed by atoms with Crippen molar-refractivity contribution in [2.45, 2.75) is 39.0 Å². The van der Waals surface area contributed by atoms with Crippen LogP contribution in [0.1, 0.15) is 44.6 Å². The number of carbonyl (C=O) groups excluding carboxylic acids is 2. The molecular formula is C17H27N3O2. The van der Waals surface area contributed by atoms with Crippen molar-refractivity contribution < 1.29 is 9.59 Å². The van der Waals surface area contributed by atoms with Crippen LogP contribution in [0.3, 0.4) is 0 Å². The summed E-state index contributed by atoms with van der Waals surface area (Å²) >= 11 is 0. The second kappa shape index (κ2) is 10.7. The Balaban J connectivity index is 2.23. The molecule has 1 rings (SSSR count). The van der Waals surface area contributed by atoms with Gasteiger partial charge in [-0.3, -0.25) is 4.79 Å². The van der Waals surface area contributed by atoms with Crippen LogP contribution in [0.5, 0.6) is 0 Å². The summed E-state index contributed by atoms with van der Waals surface area (Å²) in [4.78, 5) is 23.1. The zero-order valence-electron chi connectivity index (χ0n) is 13.5. The fourth-order valence-electron chi connectivity index (χ4n) is 2.14. The lowest BCUT2D eigenvalue weighted by Gasteiger charge is -2.16. The van der Waals surface area contributed by atoms with Gasteiger partial charge in [-0.1, -0.05) is 44.2 Å². The van der Waals surface area contributed by atoms with Crippen molar-refractivity contribution in [1.82, 2.24) is 16.0 Å². The van der Waals surface area contributed by atoms with Crippen molar-refractivity contribution in [3.05, 3.63) is 35.9 Å². The zero-order valence-corrected chi connectivity index (χ0v) is 13.5. The fourth-order valence-corrected chi connectivity index (χ4v) is 2.14.